The van der Waals surface area contributed by atoms with Crippen molar-refractivity contribution in [3.8, 4) is 0 Å². The maximum atomic E-state index is 13.5. The van der Waals surface area contributed by atoms with Crippen molar-refractivity contribution in [3.63, 3.8) is 0 Å². The van der Waals surface area contributed by atoms with Crippen LogP contribution in [0.25, 0.3) is 0 Å². The molecule has 0 saturated carbocycles. The highest BCUT2D eigenvalue weighted by Crippen LogP contribution is 2.24. The van der Waals surface area contributed by atoms with E-state index >= 15 is 0 Å². The summed E-state index contributed by atoms with van der Waals surface area (Å²) >= 11 is 0. The molecule has 0 bridgehead atoms. The number of hydrogen-bond donors (Lipinski definition) is 0. The fraction of sp³-hybridized carbons (Fsp3) is 0.478. The lowest BCUT2D eigenvalue weighted by atomic mass is 10.0. The van der Waals surface area contributed by atoms with Gasteiger partial charge in [-0.05, 0) is 37.0 Å². The normalized spacial score (nSPS) is 19.9. The topological polar surface area (TPSA) is 9.72 Å². The largest absolute Gasteiger partial charge is 0.371 e. The summed E-state index contributed by atoms with van der Waals surface area (Å²) in [5.74, 6) is -1.53. The molecule has 2 fully saturated rings. The number of rotatable bonds is 5. The molecule has 5 heteroatoms. The number of piperidine rings is 1. The molecule has 2 saturated heterocycles. The summed E-state index contributed by atoms with van der Waals surface area (Å²) < 4.78 is 26.6. The van der Waals surface area contributed by atoms with Gasteiger partial charge in [0.05, 0.1) is 0 Å². The van der Waals surface area contributed by atoms with Crippen molar-refractivity contribution in [2.24, 2.45) is 0 Å². The highest BCUT2D eigenvalue weighted by atomic mass is 19.2. The Morgan fingerprint density at radius 3 is 2.18 bits per heavy atom. The molecule has 0 N–H and O–H groups in total. The van der Waals surface area contributed by atoms with E-state index in [0.29, 0.717) is 6.04 Å². The zero-order valence-corrected chi connectivity index (χ0v) is 16.4. The van der Waals surface area contributed by atoms with Gasteiger partial charge in [0.2, 0.25) is 0 Å². The van der Waals surface area contributed by atoms with Crippen LogP contribution >= 0.6 is 0 Å². The average molecular weight is 386 g/mol. The number of benzene rings is 2. The highest BCUT2D eigenvalue weighted by Gasteiger charge is 2.27. The zero-order chi connectivity index (χ0) is 19.3. The second kappa shape index (κ2) is 9.01. The van der Waals surface area contributed by atoms with Gasteiger partial charge in [-0.3, -0.25) is 4.90 Å². The van der Waals surface area contributed by atoms with E-state index < -0.39 is 11.6 Å². The number of piperazine rings is 1. The molecular formula is C23H29F2N3. The molecule has 0 aliphatic carbocycles. The molecule has 2 aromatic rings. The van der Waals surface area contributed by atoms with Crippen LogP contribution in [0, 0.1) is 11.6 Å². The SMILES string of the molecule is Fc1ccc(N2CCC(N3CCN(CCc4ccccc4)CC3)CC2)cc1F. The van der Waals surface area contributed by atoms with Gasteiger partial charge in [-0.2, -0.15) is 0 Å². The Balaban J connectivity index is 1.21. The lowest BCUT2D eigenvalue weighted by Crippen LogP contribution is -2.53. The number of nitrogens with zero attached hydrogens (tertiary/aromatic N) is 3. The molecule has 2 aliphatic rings. The minimum atomic E-state index is -0.774. The first-order valence-corrected chi connectivity index (χ1v) is 10.4. The van der Waals surface area contributed by atoms with Gasteiger partial charge in [-0.25, -0.2) is 8.78 Å². The molecule has 0 radical (unpaired) electrons. The van der Waals surface area contributed by atoms with Gasteiger partial charge in [0.15, 0.2) is 11.6 Å². The Morgan fingerprint density at radius 1 is 0.786 bits per heavy atom. The highest BCUT2D eigenvalue weighted by molar-refractivity contribution is 5.47. The van der Waals surface area contributed by atoms with Crippen LogP contribution in [0.4, 0.5) is 14.5 Å². The molecule has 28 heavy (non-hydrogen) atoms. The molecule has 3 nitrogen and oxygen atoms in total. The summed E-state index contributed by atoms with van der Waals surface area (Å²) in [4.78, 5) is 7.37. The molecule has 0 unspecified atom stereocenters. The predicted molar refractivity (Wildman–Crippen MR) is 110 cm³/mol. The van der Waals surface area contributed by atoms with Crippen LogP contribution in [0.1, 0.15) is 18.4 Å². The maximum absolute atomic E-state index is 13.5. The average Bonchev–Trinajstić information content (AvgIpc) is 2.75. The van der Waals surface area contributed by atoms with E-state index in [0.717, 1.165) is 70.8 Å². The molecule has 2 aliphatic heterocycles. The first-order chi connectivity index (χ1) is 13.7. The standard InChI is InChI=1S/C23H29F2N3/c24-22-7-6-21(18-23(22)25)27-12-9-20(10-13-27)28-16-14-26(15-17-28)11-8-19-4-2-1-3-5-19/h1-7,18,20H,8-17H2. The van der Waals surface area contributed by atoms with E-state index in [2.05, 4.69) is 45.0 Å². The van der Waals surface area contributed by atoms with Crippen molar-refractivity contribution < 1.29 is 8.78 Å². The van der Waals surface area contributed by atoms with Crippen molar-refractivity contribution in [1.82, 2.24) is 9.80 Å². The van der Waals surface area contributed by atoms with Crippen molar-refractivity contribution in [2.75, 3.05) is 50.7 Å². The lowest BCUT2D eigenvalue weighted by Gasteiger charge is -2.43. The first-order valence-electron chi connectivity index (χ1n) is 10.4. The van der Waals surface area contributed by atoms with E-state index in [4.69, 9.17) is 0 Å². The summed E-state index contributed by atoms with van der Waals surface area (Å²) in [5, 5.41) is 0. The van der Waals surface area contributed by atoms with E-state index in [1.54, 1.807) is 6.07 Å². The summed E-state index contributed by atoms with van der Waals surface area (Å²) in [6.45, 7) is 7.47. The van der Waals surface area contributed by atoms with Crippen molar-refractivity contribution in [3.05, 3.63) is 65.7 Å². The third-order valence-corrected chi connectivity index (χ3v) is 6.22. The third-order valence-electron chi connectivity index (χ3n) is 6.22. The van der Waals surface area contributed by atoms with Crippen LogP contribution in [0.3, 0.4) is 0 Å². The summed E-state index contributed by atoms with van der Waals surface area (Å²) in [7, 11) is 0. The van der Waals surface area contributed by atoms with Gasteiger partial charge in [-0.15, -0.1) is 0 Å². The minimum Gasteiger partial charge on any atom is -0.371 e. The van der Waals surface area contributed by atoms with E-state index in [1.807, 2.05) is 0 Å². The predicted octanol–water partition coefficient (Wildman–Crippen LogP) is 3.79. The molecule has 0 spiro atoms. The van der Waals surface area contributed by atoms with Crippen molar-refractivity contribution >= 4 is 5.69 Å². The molecule has 2 aromatic carbocycles. The molecule has 0 aromatic heterocycles. The Kier molecular flexibility index (Phi) is 6.23. The van der Waals surface area contributed by atoms with E-state index in [-0.39, 0.29) is 0 Å². The Hall–Kier alpha value is -1.98. The van der Waals surface area contributed by atoms with E-state index in [1.165, 1.54) is 17.7 Å². The van der Waals surface area contributed by atoms with Gasteiger partial charge in [0, 0.05) is 63.6 Å². The quantitative estimate of drug-likeness (QED) is 0.775. The molecule has 4 rings (SSSR count). The fourth-order valence-corrected chi connectivity index (χ4v) is 4.45. The van der Waals surface area contributed by atoms with Crippen LogP contribution < -0.4 is 4.90 Å². The second-order valence-electron chi connectivity index (χ2n) is 7.93. The number of hydrogen-bond acceptors (Lipinski definition) is 3. The number of halogens is 2. The van der Waals surface area contributed by atoms with Crippen LogP contribution in [0.15, 0.2) is 48.5 Å². The Morgan fingerprint density at radius 2 is 1.50 bits per heavy atom. The van der Waals surface area contributed by atoms with Gasteiger partial charge < -0.3 is 9.80 Å². The first kappa shape index (κ1) is 19.3. The van der Waals surface area contributed by atoms with Crippen LogP contribution in [-0.4, -0.2) is 61.7 Å². The molecule has 0 atom stereocenters. The van der Waals surface area contributed by atoms with Gasteiger partial charge in [-0.1, -0.05) is 30.3 Å². The van der Waals surface area contributed by atoms with Gasteiger partial charge in [0.1, 0.15) is 0 Å². The van der Waals surface area contributed by atoms with Crippen molar-refractivity contribution in [1.29, 1.82) is 0 Å². The second-order valence-corrected chi connectivity index (χ2v) is 7.93. The number of anilines is 1. The smallest absolute Gasteiger partial charge is 0.160 e. The Labute approximate surface area is 166 Å². The molecule has 150 valence electrons. The minimum absolute atomic E-state index is 0.609. The fourth-order valence-electron chi connectivity index (χ4n) is 4.45. The lowest BCUT2D eigenvalue weighted by molar-refractivity contribution is 0.0855. The van der Waals surface area contributed by atoms with Gasteiger partial charge in [0.25, 0.3) is 0 Å². The third kappa shape index (κ3) is 4.70. The summed E-state index contributed by atoms with van der Waals surface area (Å²) in [6, 6.07) is 15.5. The van der Waals surface area contributed by atoms with Crippen molar-refractivity contribution in [2.45, 2.75) is 25.3 Å². The van der Waals surface area contributed by atoms with Gasteiger partial charge >= 0.3 is 0 Å². The summed E-state index contributed by atoms with van der Waals surface area (Å²) in [6.07, 6.45) is 3.29. The maximum Gasteiger partial charge on any atom is 0.160 e. The molecule has 0 amide bonds. The zero-order valence-electron chi connectivity index (χ0n) is 16.4. The molecule has 2 heterocycles. The van der Waals surface area contributed by atoms with Crippen LogP contribution in [-0.2, 0) is 6.42 Å². The monoisotopic (exact) mass is 385 g/mol. The van der Waals surface area contributed by atoms with Crippen LogP contribution in [0.2, 0.25) is 0 Å². The van der Waals surface area contributed by atoms with E-state index in [9.17, 15) is 8.78 Å². The molecular weight excluding hydrogens is 356 g/mol. The Bertz CT molecular complexity index is 752. The van der Waals surface area contributed by atoms with Crippen LogP contribution in [0.5, 0.6) is 0 Å². The summed E-state index contributed by atoms with van der Waals surface area (Å²) in [5.41, 5.74) is 2.21.